The Morgan fingerprint density at radius 1 is 0.788 bits per heavy atom. The van der Waals surface area contributed by atoms with E-state index in [0.29, 0.717) is 0 Å². The third-order valence-electron chi connectivity index (χ3n) is 6.27. The number of fused-ring (bicyclic) bond motifs is 1. The van der Waals surface area contributed by atoms with Gasteiger partial charge in [0, 0.05) is 18.0 Å². The van der Waals surface area contributed by atoms with Crippen molar-refractivity contribution in [2.45, 2.75) is 84.5 Å². The zero-order chi connectivity index (χ0) is 22.9. The highest BCUT2D eigenvalue weighted by Crippen LogP contribution is 2.22. The molecule has 3 rings (SSSR count). The number of hydrogen-bond acceptors (Lipinski definition) is 3. The second-order valence-corrected chi connectivity index (χ2v) is 8.82. The summed E-state index contributed by atoms with van der Waals surface area (Å²) in [5.41, 5.74) is 1.06. The van der Waals surface area contributed by atoms with Gasteiger partial charge in [0.1, 0.15) is 12.7 Å². The van der Waals surface area contributed by atoms with Crippen molar-refractivity contribution in [2.75, 3.05) is 19.7 Å². The number of halogens is 1. The number of nitrogens with zero attached hydrogens (tertiary/aromatic N) is 3. The maximum absolute atomic E-state index is 9.42. The lowest BCUT2D eigenvalue weighted by Crippen LogP contribution is -3.00. The first-order chi connectivity index (χ1) is 15.8. The molecule has 1 aromatic carbocycles. The summed E-state index contributed by atoms with van der Waals surface area (Å²) >= 11 is 0. The summed E-state index contributed by atoms with van der Waals surface area (Å²) in [6.07, 6.45) is 20.3. The molecule has 1 N–H and O–H groups in total. The van der Waals surface area contributed by atoms with Gasteiger partial charge >= 0.3 is 0 Å². The first-order valence-corrected chi connectivity index (χ1v) is 12.8. The molecule has 5 heteroatoms. The largest absolute Gasteiger partial charge is 1.00 e. The molecule has 1 atom stereocenters. The van der Waals surface area contributed by atoms with E-state index in [0.717, 1.165) is 29.5 Å². The normalized spacial score (nSPS) is 16.8. The summed E-state index contributed by atoms with van der Waals surface area (Å²) in [7, 11) is 0. The highest BCUT2D eigenvalue weighted by molar-refractivity contribution is 5.78. The second-order valence-electron chi connectivity index (χ2n) is 8.82. The molecule has 0 fully saturated rings. The Morgan fingerprint density at radius 2 is 1.45 bits per heavy atom. The van der Waals surface area contributed by atoms with Crippen molar-refractivity contribution >= 4 is 16.7 Å². The number of benzene rings is 1. The van der Waals surface area contributed by atoms with Crippen LogP contribution in [0, 0.1) is 0 Å². The lowest BCUT2D eigenvalue weighted by Gasteiger charge is -2.32. The number of rotatable bonds is 14. The molecule has 33 heavy (non-hydrogen) atoms. The van der Waals surface area contributed by atoms with E-state index in [1.807, 2.05) is 36.7 Å². The van der Waals surface area contributed by atoms with Gasteiger partial charge in [-0.05, 0) is 25.0 Å². The minimum absolute atomic E-state index is 0. The van der Waals surface area contributed by atoms with Crippen LogP contribution < -0.4 is 17.0 Å². The van der Waals surface area contributed by atoms with E-state index >= 15 is 0 Å². The Morgan fingerprint density at radius 3 is 2.15 bits per heavy atom. The molecule has 0 radical (unpaired) electrons. The molecule has 1 aromatic heterocycles. The molecule has 184 valence electrons. The number of pyridine rings is 1. The molecule has 1 unspecified atom stereocenters. The number of aliphatic hydroxyl groups is 1. The van der Waals surface area contributed by atoms with E-state index in [9.17, 15) is 5.11 Å². The van der Waals surface area contributed by atoms with Gasteiger partial charge in [0.15, 0.2) is 0 Å². The van der Waals surface area contributed by atoms with Gasteiger partial charge in [0.2, 0.25) is 5.84 Å². The molecule has 0 saturated heterocycles. The van der Waals surface area contributed by atoms with E-state index < -0.39 is 0 Å². The number of hydrogen-bond donors (Lipinski definition) is 1. The van der Waals surface area contributed by atoms with Gasteiger partial charge < -0.3 is 22.1 Å². The molecular weight excluding hydrogens is 474 g/mol. The summed E-state index contributed by atoms with van der Waals surface area (Å²) in [5.74, 6) is 1.27. The molecule has 0 amide bonds. The quantitative estimate of drug-likeness (QED) is 0.300. The molecule has 4 nitrogen and oxygen atoms in total. The summed E-state index contributed by atoms with van der Waals surface area (Å²) in [6, 6.07) is 12.1. The van der Waals surface area contributed by atoms with Crippen LogP contribution in [0.2, 0.25) is 0 Å². The van der Waals surface area contributed by atoms with Crippen molar-refractivity contribution in [3.8, 4) is 0 Å². The van der Waals surface area contributed by atoms with Crippen LogP contribution >= 0.6 is 0 Å². The van der Waals surface area contributed by atoms with Crippen LogP contribution in [0.15, 0.2) is 60.0 Å². The van der Waals surface area contributed by atoms with E-state index in [1.165, 1.54) is 75.4 Å². The van der Waals surface area contributed by atoms with Crippen LogP contribution in [0.25, 0.3) is 10.9 Å². The molecule has 1 aliphatic rings. The molecule has 0 spiro atoms. The first-order valence-electron chi connectivity index (χ1n) is 12.8. The van der Waals surface area contributed by atoms with Crippen LogP contribution in [-0.4, -0.2) is 40.1 Å². The lowest BCUT2D eigenvalue weighted by atomic mass is 10.1. The van der Waals surface area contributed by atoms with Crippen molar-refractivity contribution in [1.82, 2.24) is 4.98 Å². The predicted octanol–water partition coefficient (Wildman–Crippen LogP) is 4.25. The van der Waals surface area contributed by atoms with Gasteiger partial charge in [-0.1, -0.05) is 89.5 Å². The van der Waals surface area contributed by atoms with Gasteiger partial charge in [0.25, 0.3) is 0 Å². The monoisotopic (exact) mass is 517 g/mol. The Balaban J connectivity index is 0.000000409. The van der Waals surface area contributed by atoms with E-state index in [1.54, 1.807) is 0 Å². The molecule has 0 bridgehead atoms. The fourth-order valence-corrected chi connectivity index (χ4v) is 4.31. The number of aromatic nitrogens is 1. The van der Waals surface area contributed by atoms with Gasteiger partial charge in [-0.3, -0.25) is 4.98 Å². The zero-order valence-corrected chi connectivity index (χ0v) is 22.3. The topological polar surface area (TPSA) is 45.5 Å². The number of unbranched alkanes of at least 4 members (excludes halogenated alkanes) is 8. The number of aliphatic imine (C=N–C) groups is 1. The van der Waals surface area contributed by atoms with Gasteiger partial charge in [-0.15, -0.1) is 0 Å². The highest BCUT2D eigenvalue weighted by Gasteiger charge is 2.33. The smallest absolute Gasteiger partial charge is 0.207 e. The lowest BCUT2D eigenvalue weighted by molar-refractivity contribution is -0.788. The Hall–Kier alpha value is -1.56. The van der Waals surface area contributed by atoms with Crippen molar-refractivity contribution < 1.29 is 26.6 Å². The van der Waals surface area contributed by atoms with Gasteiger partial charge in [-0.2, -0.15) is 0 Å². The summed E-state index contributed by atoms with van der Waals surface area (Å²) in [5, 5.41) is 10.6. The van der Waals surface area contributed by atoms with Crippen molar-refractivity contribution in [3.63, 3.8) is 0 Å². The van der Waals surface area contributed by atoms with Crippen molar-refractivity contribution in [3.05, 3.63) is 55.0 Å². The third kappa shape index (κ3) is 10.5. The standard InChI is InChI=1S/C19H37N2O.C9H7N.BrH/c1-3-5-7-8-9-10-11-12-13-19-20-14-16-21(19,17-18-22)15-6-4-2;1-2-6-9-8(4-1)5-3-7-10-9;/h14,16,22H,3-13,15,17-18H2,1-2H3;1-7H;1H/q+1;;/p-1. The maximum atomic E-state index is 9.42. The minimum Gasteiger partial charge on any atom is -1.00 e. The number of para-hydroxylation sites is 1. The molecule has 2 heterocycles. The Labute approximate surface area is 212 Å². The van der Waals surface area contributed by atoms with Crippen molar-refractivity contribution in [1.29, 1.82) is 0 Å². The molecule has 0 aliphatic carbocycles. The van der Waals surface area contributed by atoms with Crippen LogP contribution in [0.4, 0.5) is 0 Å². The first kappa shape index (κ1) is 29.5. The average Bonchev–Trinajstić information content (AvgIpc) is 3.22. The molecule has 2 aromatic rings. The van der Waals surface area contributed by atoms with E-state index in [4.69, 9.17) is 0 Å². The summed E-state index contributed by atoms with van der Waals surface area (Å²) in [6.45, 7) is 6.61. The molecule has 0 saturated carbocycles. The number of aliphatic hydroxyl groups excluding tert-OH is 1. The van der Waals surface area contributed by atoms with Gasteiger partial charge in [-0.25, -0.2) is 9.48 Å². The number of amidine groups is 1. The maximum Gasteiger partial charge on any atom is 0.207 e. The predicted molar refractivity (Wildman–Crippen MR) is 138 cm³/mol. The Bertz CT molecular complexity index is 758. The number of quaternary nitrogens is 1. The molecular formula is C28H44BrN3O. The minimum atomic E-state index is 0. The zero-order valence-electron chi connectivity index (χ0n) is 20.8. The second kappa shape index (κ2) is 17.9. The summed E-state index contributed by atoms with van der Waals surface area (Å²) in [4.78, 5) is 8.80. The summed E-state index contributed by atoms with van der Waals surface area (Å²) < 4.78 is 0.806. The fourth-order valence-electron chi connectivity index (χ4n) is 4.31. The van der Waals surface area contributed by atoms with Gasteiger partial charge in [0.05, 0.1) is 24.9 Å². The van der Waals surface area contributed by atoms with Crippen LogP contribution in [-0.2, 0) is 0 Å². The van der Waals surface area contributed by atoms with Crippen LogP contribution in [0.5, 0.6) is 0 Å². The fraction of sp³-hybridized carbons (Fsp3) is 0.571. The Kier molecular flexibility index (Phi) is 15.9. The molecule has 1 aliphatic heterocycles. The van der Waals surface area contributed by atoms with Crippen LogP contribution in [0.1, 0.15) is 84.5 Å². The SMILES string of the molecule is CCCCCCCCCCC1=NC=C[N+]1(CCO)CCCC.[Br-].c1ccc2ncccc2c1. The third-order valence-corrected chi connectivity index (χ3v) is 6.27. The highest BCUT2D eigenvalue weighted by atomic mass is 79.9. The van der Waals surface area contributed by atoms with E-state index in [-0.39, 0.29) is 23.6 Å². The van der Waals surface area contributed by atoms with E-state index in [2.05, 4.69) is 42.2 Å². The van der Waals surface area contributed by atoms with Crippen molar-refractivity contribution in [2.24, 2.45) is 4.99 Å². The average molecular weight is 519 g/mol. The van der Waals surface area contributed by atoms with Crippen LogP contribution in [0.3, 0.4) is 0 Å².